The molecule has 1 rings (SSSR count). The number of halogens is 1. The first kappa shape index (κ1) is 16.1. The van der Waals surface area contributed by atoms with Crippen molar-refractivity contribution in [3.63, 3.8) is 0 Å². The van der Waals surface area contributed by atoms with Crippen LogP contribution in [0.15, 0.2) is 41.4 Å². The third kappa shape index (κ3) is 7.39. The highest BCUT2D eigenvalue weighted by Gasteiger charge is 1.98. The highest BCUT2D eigenvalue weighted by atomic mass is 35.5. The number of ether oxygens (including phenoxy) is 1. The van der Waals surface area contributed by atoms with Crippen LogP contribution in [-0.4, -0.2) is 18.6 Å². The molecule has 0 saturated carbocycles. The fourth-order valence-electron chi connectivity index (χ4n) is 0.834. The zero-order chi connectivity index (χ0) is 14.0. The van der Waals surface area contributed by atoms with Gasteiger partial charge in [0.1, 0.15) is 0 Å². The predicted molar refractivity (Wildman–Crippen MR) is 72.7 cm³/mol. The summed E-state index contributed by atoms with van der Waals surface area (Å²) < 4.78 is 4.56. The summed E-state index contributed by atoms with van der Waals surface area (Å²) in [5.74, 6) is -0.312. The number of rotatable bonds is 3. The molecule has 0 bridgehead atoms. The van der Waals surface area contributed by atoms with E-state index in [-0.39, 0.29) is 5.97 Å². The molecule has 0 aliphatic rings. The zero-order valence-electron chi connectivity index (χ0n) is 10.4. The van der Waals surface area contributed by atoms with Crippen LogP contribution in [0.5, 0.6) is 0 Å². The Morgan fingerprint density at radius 3 is 2.39 bits per heavy atom. The Morgan fingerprint density at radius 1 is 1.50 bits per heavy atom. The zero-order valence-corrected chi connectivity index (χ0v) is 11.1. The van der Waals surface area contributed by atoms with Crippen molar-refractivity contribution in [1.29, 1.82) is 5.41 Å². The minimum Gasteiger partial charge on any atom is -0.463 e. The van der Waals surface area contributed by atoms with Gasteiger partial charge in [0.05, 0.1) is 18.3 Å². The van der Waals surface area contributed by atoms with E-state index < -0.39 is 0 Å². The maximum atomic E-state index is 10.4. The molecule has 18 heavy (non-hydrogen) atoms. The Bertz CT molecular complexity index is 449. The molecule has 96 valence electrons. The summed E-state index contributed by atoms with van der Waals surface area (Å²) >= 11 is 5.60. The standard InChI is InChI=1S/C7H5ClN2.C6H10O2/c8-6-1-3-7(4-2-6)10-5-9;1-4-8-6(7)5(2)3/h1-4,9H;2,4H2,1,3H3. The third-order valence-electron chi connectivity index (χ3n) is 1.64. The first-order valence-corrected chi connectivity index (χ1v) is 5.59. The first-order chi connectivity index (χ1) is 8.51. The molecule has 0 heterocycles. The van der Waals surface area contributed by atoms with E-state index in [2.05, 4.69) is 16.3 Å². The molecule has 0 spiro atoms. The highest BCUT2D eigenvalue weighted by Crippen LogP contribution is 2.14. The maximum Gasteiger partial charge on any atom is 0.333 e. The summed E-state index contributed by atoms with van der Waals surface area (Å²) in [7, 11) is 0. The molecule has 5 heteroatoms. The van der Waals surface area contributed by atoms with E-state index in [1.807, 2.05) is 6.01 Å². The molecule has 0 unspecified atom stereocenters. The van der Waals surface area contributed by atoms with Crippen molar-refractivity contribution in [2.24, 2.45) is 4.99 Å². The Kier molecular flexibility index (Phi) is 8.20. The Balaban J connectivity index is 0.000000331. The quantitative estimate of drug-likeness (QED) is 0.513. The van der Waals surface area contributed by atoms with Gasteiger partial charge in [0.25, 0.3) is 0 Å². The monoisotopic (exact) mass is 266 g/mol. The molecule has 0 amide bonds. The fourth-order valence-corrected chi connectivity index (χ4v) is 0.960. The average Bonchev–Trinajstić information content (AvgIpc) is 2.33. The topological polar surface area (TPSA) is 62.5 Å². The second kappa shape index (κ2) is 9.16. The molecule has 0 aliphatic carbocycles. The normalized spacial score (nSPS) is 8.39. The Morgan fingerprint density at radius 2 is 2.06 bits per heavy atom. The van der Waals surface area contributed by atoms with Crippen LogP contribution in [0.1, 0.15) is 13.8 Å². The number of aliphatic imine (C=N–C) groups is 1. The summed E-state index contributed by atoms with van der Waals surface area (Å²) in [4.78, 5) is 14.0. The number of benzene rings is 1. The van der Waals surface area contributed by atoms with Crippen molar-refractivity contribution in [1.82, 2.24) is 0 Å². The molecule has 0 saturated heterocycles. The molecule has 1 aromatic carbocycles. The van der Waals surface area contributed by atoms with Gasteiger partial charge in [0.15, 0.2) is 0 Å². The van der Waals surface area contributed by atoms with Gasteiger partial charge in [0, 0.05) is 10.6 Å². The second-order valence-electron chi connectivity index (χ2n) is 3.20. The molecule has 0 atom stereocenters. The van der Waals surface area contributed by atoms with Gasteiger partial charge in [-0.25, -0.2) is 10.2 Å². The lowest BCUT2D eigenvalue weighted by Gasteiger charge is -1.96. The highest BCUT2D eigenvalue weighted by molar-refractivity contribution is 6.30. The van der Waals surface area contributed by atoms with Crippen molar-refractivity contribution < 1.29 is 9.53 Å². The minimum atomic E-state index is -0.312. The van der Waals surface area contributed by atoms with Gasteiger partial charge in [0.2, 0.25) is 0 Å². The van der Waals surface area contributed by atoms with Crippen molar-refractivity contribution in [3.8, 4) is 0 Å². The molecule has 0 aliphatic heterocycles. The van der Waals surface area contributed by atoms with Crippen LogP contribution in [0.3, 0.4) is 0 Å². The van der Waals surface area contributed by atoms with Crippen molar-refractivity contribution in [2.45, 2.75) is 13.8 Å². The number of nitrogens with one attached hydrogen (secondary N) is 1. The van der Waals surface area contributed by atoms with E-state index in [1.54, 1.807) is 38.1 Å². The second-order valence-corrected chi connectivity index (χ2v) is 3.64. The number of carbonyl (C=O) groups is 1. The number of hydrogen-bond donors (Lipinski definition) is 1. The van der Waals surface area contributed by atoms with Gasteiger partial charge in [-0.3, -0.25) is 0 Å². The van der Waals surface area contributed by atoms with Gasteiger partial charge in [-0.1, -0.05) is 18.2 Å². The lowest BCUT2D eigenvalue weighted by molar-refractivity contribution is -0.138. The summed E-state index contributed by atoms with van der Waals surface area (Å²) in [6, 6.07) is 8.83. The summed E-state index contributed by atoms with van der Waals surface area (Å²) in [6.45, 7) is 7.21. The number of nitrogens with zero attached hydrogens (tertiary/aromatic N) is 1. The number of esters is 1. The molecule has 1 aromatic rings. The van der Waals surface area contributed by atoms with Gasteiger partial charge in [-0.05, 0) is 38.1 Å². The number of hydrogen-bond acceptors (Lipinski definition) is 4. The largest absolute Gasteiger partial charge is 0.463 e. The van der Waals surface area contributed by atoms with E-state index in [1.165, 1.54) is 0 Å². The van der Waals surface area contributed by atoms with Crippen molar-refractivity contribution in [3.05, 3.63) is 41.4 Å². The minimum absolute atomic E-state index is 0.312. The maximum absolute atomic E-state index is 10.4. The van der Waals surface area contributed by atoms with Crippen molar-refractivity contribution >= 4 is 29.3 Å². The smallest absolute Gasteiger partial charge is 0.333 e. The molecule has 0 aromatic heterocycles. The number of carbonyl (C=O) groups excluding carboxylic acids is 1. The molecule has 0 radical (unpaired) electrons. The lowest BCUT2D eigenvalue weighted by atomic mass is 10.3. The van der Waals surface area contributed by atoms with E-state index in [9.17, 15) is 4.79 Å². The summed E-state index contributed by atoms with van der Waals surface area (Å²) in [6.07, 6.45) is 0. The SMILES string of the molecule is C=C(C)C(=O)OCC.N=C=Nc1ccc(Cl)cc1. The molecule has 1 N–H and O–H groups in total. The van der Waals surface area contributed by atoms with Gasteiger partial charge in [-0.15, -0.1) is 0 Å². The summed E-state index contributed by atoms with van der Waals surface area (Å²) in [5.41, 5.74) is 1.14. The van der Waals surface area contributed by atoms with Crippen LogP contribution in [-0.2, 0) is 9.53 Å². The predicted octanol–water partition coefficient (Wildman–Crippen LogP) is 3.85. The fraction of sp³-hybridized carbons (Fsp3) is 0.231. The van der Waals surface area contributed by atoms with E-state index in [0.29, 0.717) is 22.9 Å². The van der Waals surface area contributed by atoms with Gasteiger partial charge >= 0.3 is 5.97 Å². The van der Waals surface area contributed by atoms with Gasteiger partial charge < -0.3 is 4.74 Å². The first-order valence-electron chi connectivity index (χ1n) is 5.22. The average molecular weight is 267 g/mol. The molecule has 4 nitrogen and oxygen atoms in total. The molecular weight excluding hydrogens is 252 g/mol. The van der Waals surface area contributed by atoms with Crippen LogP contribution in [0.25, 0.3) is 0 Å². The molecule has 0 fully saturated rings. The third-order valence-corrected chi connectivity index (χ3v) is 1.89. The van der Waals surface area contributed by atoms with Crippen LogP contribution in [0.2, 0.25) is 5.02 Å². The Labute approximate surface area is 111 Å². The van der Waals surface area contributed by atoms with Gasteiger partial charge in [-0.2, -0.15) is 4.99 Å². The van der Waals surface area contributed by atoms with E-state index >= 15 is 0 Å². The van der Waals surface area contributed by atoms with Crippen molar-refractivity contribution in [2.75, 3.05) is 6.61 Å². The van der Waals surface area contributed by atoms with E-state index in [4.69, 9.17) is 17.0 Å². The lowest BCUT2D eigenvalue weighted by Crippen LogP contribution is -2.03. The molecular formula is C13H15ClN2O2. The Hall–Kier alpha value is -1.90. The van der Waals surface area contributed by atoms with E-state index in [0.717, 1.165) is 0 Å². The summed E-state index contributed by atoms with van der Waals surface area (Å²) in [5, 5.41) is 7.21. The van der Waals surface area contributed by atoms with Crippen LogP contribution in [0, 0.1) is 5.41 Å². The van der Waals surface area contributed by atoms with Crippen LogP contribution in [0.4, 0.5) is 5.69 Å². The van der Waals surface area contributed by atoms with Crippen LogP contribution < -0.4 is 0 Å². The van der Waals surface area contributed by atoms with Crippen LogP contribution >= 0.6 is 11.6 Å².